The third-order valence-corrected chi connectivity index (χ3v) is 3.34. The Labute approximate surface area is 103 Å². The van der Waals surface area contributed by atoms with Gasteiger partial charge in [0.15, 0.2) is 5.84 Å². The molecule has 3 N–H and O–H groups in total. The van der Waals surface area contributed by atoms with Gasteiger partial charge in [0, 0.05) is 13.1 Å². The quantitative estimate of drug-likeness (QED) is 0.338. The lowest BCUT2D eigenvalue weighted by Gasteiger charge is -2.34. The van der Waals surface area contributed by atoms with Crippen molar-refractivity contribution in [3.63, 3.8) is 0 Å². The van der Waals surface area contributed by atoms with E-state index in [4.69, 9.17) is 10.9 Å². The molecule has 0 saturated carbocycles. The monoisotopic (exact) mass is 241 g/mol. The molecule has 0 aromatic carbocycles. The van der Waals surface area contributed by atoms with Gasteiger partial charge in [0.2, 0.25) is 5.91 Å². The van der Waals surface area contributed by atoms with Gasteiger partial charge in [-0.05, 0) is 24.7 Å². The highest BCUT2D eigenvalue weighted by molar-refractivity contribution is 6.02. The maximum Gasteiger partial charge on any atom is 0.233 e. The van der Waals surface area contributed by atoms with Gasteiger partial charge in [-0.2, -0.15) is 0 Å². The molecule has 1 aliphatic rings. The fraction of sp³-hybridized carbons (Fsp3) is 0.833. The molecule has 0 aromatic heterocycles. The number of amidine groups is 1. The summed E-state index contributed by atoms with van der Waals surface area (Å²) >= 11 is 0. The van der Waals surface area contributed by atoms with E-state index in [2.05, 4.69) is 12.1 Å². The zero-order chi connectivity index (χ0) is 13.0. The van der Waals surface area contributed by atoms with Gasteiger partial charge in [0.1, 0.15) is 5.92 Å². The molecule has 0 radical (unpaired) electrons. The molecule has 17 heavy (non-hydrogen) atoms. The summed E-state index contributed by atoms with van der Waals surface area (Å²) in [7, 11) is 0. The zero-order valence-electron chi connectivity index (χ0n) is 10.9. The van der Waals surface area contributed by atoms with E-state index < -0.39 is 5.92 Å². The molecule has 0 aromatic rings. The summed E-state index contributed by atoms with van der Waals surface area (Å²) < 4.78 is 0. The van der Waals surface area contributed by atoms with Crippen LogP contribution in [0.1, 0.15) is 33.6 Å². The van der Waals surface area contributed by atoms with Crippen molar-refractivity contribution in [1.29, 1.82) is 0 Å². The smallest absolute Gasteiger partial charge is 0.233 e. The maximum absolute atomic E-state index is 12.3. The molecule has 1 amide bonds. The summed E-state index contributed by atoms with van der Waals surface area (Å²) in [5.41, 5.74) is 5.61. The molecule has 0 bridgehead atoms. The summed E-state index contributed by atoms with van der Waals surface area (Å²) in [6, 6.07) is 0. The van der Waals surface area contributed by atoms with E-state index >= 15 is 0 Å². The highest BCUT2D eigenvalue weighted by Gasteiger charge is 2.32. The number of nitrogens with two attached hydrogens (primary N) is 1. The van der Waals surface area contributed by atoms with Crippen LogP contribution in [0.25, 0.3) is 0 Å². The molecule has 5 heteroatoms. The lowest BCUT2D eigenvalue weighted by Crippen LogP contribution is -2.47. The minimum atomic E-state index is -0.509. The van der Waals surface area contributed by atoms with Crippen LogP contribution in [-0.2, 0) is 4.79 Å². The van der Waals surface area contributed by atoms with Crippen LogP contribution in [0.2, 0.25) is 0 Å². The molecular formula is C12H23N3O2. The highest BCUT2D eigenvalue weighted by atomic mass is 16.4. The molecule has 0 spiro atoms. The van der Waals surface area contributed by atoms with Gasteiger partial charge < -0.3 is 15.8 Å². The lowest BCUT2D eigenvalue weighted by molar-refractivity contribution is -0.136. The molecule has 2 unspecified atom stereocenters. The summed E-state index contributed by atoms with van der Waals surface area (Å²) in [4.78, 5) is 14.2. The first-order chi connectivity index (χ1) is 7.97. The van der Waals surface area contributed by atoms with Crippen LogP contribution >= 0.6 is 0 Å². The third-order valence-electron chi connectivity index (χ3n) is 3.34. The Morgan fingerprint density at radius 2 is 2.18 bits per heavy atom. The number of hydrogen-bond donors (Lipinski definition) is 2. The van der Waals surface area contributed by atoms with Crippen molar-refractivity contribution in [2.24, 2.45) is 28.6 Å². The first kappa shape index (κ1) is 13.8. The van der Waals surface area contributed by atoms with Gasteiger partial charge in [0.25, 0.3) is 0 Å². The Kier molecular flexibility index (Phi) is 4.78. The Morgan fingerprint density at radius 3 is 2.65 bits per heavy atom. The van der Waals surface area contributed by atoms with E-state index in [0.717, 1.165) is 19.5 Å². The molecule has 0 aliphatic carbocycles. The van der Waals surface area contributed by atoms with E-state index in [1.807, 2.05) is 18.7 Å². The number of hydrogen-bond acceptors (Lipinski definition) is 3. The SMILES string of the molecule is CC1CCCN(C(=O)C(C(N)=NO)C(C)C)C1. The van der Waals surface area contributed by atoms with Crippen molar-refractivity contribution < 1.29 is 10.0 Å². The van der Waals surface area contributed by atoms with Gasteiger partial charge in [-0.3, -0.25) is 4.79 Å². The number of oxime groups is 1. The van der Waals surface area contributed by atoms with Gasteiger partial charge in [-0.15, -0.1) is 0 Å². The minimum absolute atomic E-state index is 0.0122. The summed E-state index contributed by atoms with van der Waals surface area (Å²) in [5, 5.41) is 11.7. The van der Waals surface area contributed by atoms with Crippen molar-refractivity contribution in [2.45, 2.75) is 33.6 Å². The van der Waals surface area contributed by atoms with E-state index in [1.165, 1.54) is 6.42 Å². The largest absolute Gasteiger partial charge is 0.409 e. The number of carbonyl (C=O) groups excluding carboxylic acids is 1. The topological polar surface area (TPSA) is 78.9 Å². The van der Waals surface area contributed by atoms with Gasteiger partial charge in [-0.25, -0.2) is 0 Å². The first-order valence-corrected chi connectivity index (χ1v) is 6.23. The number of carbonyl (C=O) groups is 1. The van der Waals surface area contributed by atoms with Gasteiger partial charge in [-0.1, -0.05) is 25.9 Å². The number of amides is 1. The summed E-state index contributed by atoms with van der Waals surface area (Å²) in [5.74, 6) is 0.0683. The summed E-state index contributed by atoms with van der Waals surface area (Å²) in [6.07, 6.45) is 2.20. The molecule has 2 atom stereocenters. The predicted molar refractivity (Wildman–Crippen MR) is 66.7 cm³/mol. The first-order valence-electron chi connectivity index (χ1n) is 6.23. The zero-order valence-corrected chi connectivity index (χ0v) is 10.9. The maximum atomic E-state index is 12.3. The molecule has 1 saturated heterocycles. The third kappa shape index (κ3) is 3.35. The average molecular weight is 241 g/mol. The van der Waals surface area contributed by atoms with E-state index in [-0.39, 0.29) is 17.7 Å². The van der Waals surface area contributed by atoms with Crippen LogP contribution < -0.4 is 5.73 Å². The normalized spacial score (nSPS) is 23.9. The highest BCUT2D eigenvalue weighted by Crippen LogP contribution is 2.21. The van der Waals surface area contributed by atoms with Crippen molar-refractivity contribution in [1.82, 2.24) is 4.90 Å². The van der Waals surface area contributed by atoms with Crippen LogP contribution in [0.5, 0.6) is 0 Å². The second-order valence-corrected chi connectivity index (χ2v) is 5.28. The van der Waals surface area contributed by atoms with Crippen molar-refractivity contribution in [3.8, 4) is 0 Å². The van der Waals surface area contributed by atoms with E-state index in [1.54, 1.807) is 0 Å². The van der Waals surface area contributed by atoms with Crippen LogP contribution in [0.4, 0.5) is 0 Å². The Hall–Kier alpha value is -1.26. The van der Waals surface area contributed by atoms with E-state index in [0.29, 0.717) is 5.92 Å². The Balaban J connectivity index is 2.77. The van der Waals surface area contributed by atoms with E-state index in [9.17, 15) is 4.79 Å². The van der Waals surface area contributed by atoms with Crippen molar-refractivity contribution in [3.05, 3.63) is 0 Å². The second-order valence-electron chi connectivity index (χ2n) is 5.28. The summed E-state index contributed by atoms with van der Waals surface area (Å²) in [6.45, 7) is 7.53. The van der Waals surface area contributed by atoms with Crippen molar-refractivity contribution in [2.75, 3.05) is 13.1 Å². The molecular weight excluding hydrogens is 218 g/mol. The molecule has 1 heterocycles. The average Bonchev–Trinajstić information content (AvgIpc) is 2.28. The number of piperidine rings is 1. The number of nitrogens with zero attached hydrogens (tertiary/aromatic N) is 2. The molecule has 1 fully saturated rings. The fourth-order valence-corrected chi connectivity index (χ4v) is 2.40. The number of likely N-dealkylation sites (tertiary alicyclic amines) is 1. The van der Waals surface area contributed by atoms with Crippen LogP contribution in [0.15, 0.2) is 5.16 Å². The molecule has 5 nitrogen and oxygen atoms in total. The fourth-order valence-electron chi connectivity index (χ4n) is 2.40. The molecule has 98 valence electrons. The predicted octanol–water partition coefficient (Wildman–Crippen LogP) is 1.26. The van der Waals surface area contributed by atoms with Crippen LogP contribution in [-0.4, -0.2) is 34.9 Å². The van der Waals surface area contributed by atoms with Gasteiger partial charge in [0.05, 0.1) is 0 Å². The van der Waals surface area contributed by atoms with Gasteiger partial charge >= 0.3 is 0 Å². The Bertz CT molecular complexity index is 302. The minimum Gasteiger partial charge on any atom is -0.409 e. The second kappa shape index (κ2) is 5.89. The lowest BCUT2D eigenvalue weighted by atomic mass is 9.91. The number of rotatable bonds is 3. The standard InChI is InChI=1S/C12H23N3O2/c1-8(2)10(11(13)14-17)12(16)15-6-4-5-9(3)7-15/h8-10,17H,4-7H2,1-3H3,(H2,13,14). The van der Waals surface area contributed by atoms with Crippen LogP contribution in [0.3, 0.4) is 0 Å². The Morgan fingerprint density at radius 1 is 1.53 bits per heavy atom. The molecule has 1 rings (SSSR count). The van der Waals surface area contributed by atoms with Crippen molar-refractivity contribution >= 4 is 11.7 Å². The molecule has 1 aliphatic heterocycles. The van der Waals surface area contributed by atoms with Crippen LogP contribution in [0, 0.1) is 17.8 Å².